The number of hydrogen-bond acceptors (Lipinski definition) is 7. The van der Waals surface area contributed by atoms with Gasteiger partial charge in [-0.25, -0.2) is 4.79 Å². The molecule has 5 aromatic rings. The minimum atomic E-state index is -0.844. The normalized spacial score (nSPS) is 12.3. The fourth-order valence-corrected chi connectivity index (χ4v) is 5.05. The number of allylic oxidation sites excluding steroid dienone is 1. The van der Waals surface area contributed by atoms with Crippen molar-refractivity contribution in [1.82, 2.24) is 0 Å². The van der Waals surface area contributed by atoms with Crippen molar-refractivity contribution in [3.05, 3.63) is 139 Å². The highest BCUT2D eigenvalue weighted by atomic mass is 16.6. The van der Waals surface area contributed by atoms with Crippen LogP contribution in [0.15, 0.2) is 133 Å². The molecule has 0 spiro atoms. The van der Waals surface area contributed by atoms with E-state index in [2.05, 4.69) is 10.6 Å². The van der Waals surface area contributed by atoms with E-state index in [1.54, 1.807) is 54.6 Å². The maximum atomic E-state index is 13.5. The molecule has 0 aliphatic carbocycles. The Morgan fingerprint density at radius 1 is 0.766 bits per heavy atom. The summed E-state index contributed by atoms with van der Waals surface area (Å²) in [6, 6.07) is 36.9. The van der Waals surface area contributed by atoms with Gasteiger partial charge in [-0.3, -0.25) is 10.1 Å². The lowest BCUT2D eigenvalue weighted by atomic mass is 10.00. The first-order valence-corrected chi connectivity index (χ1v) is 15.3. The molecule has 0 unspecified atom stereocenters. The van der Waals surface area contributed by atoms with Gasteiger partial charge in [-0.1, -0.05) is 84.9 Å². The van der Waals surface area contributed by atoms with Gasteiger partial charge in [0.15, 0.2) is 6.10 Å². The molecule has 5 rings (SSSR count). The molecule has 9 heteroatoms. The fourth-order valence-electron chi connectivity index (χ4n) is 5.05. The van der Waals surface area contributed by atoms with Gasteiger partial charge in [-0.2, -0.15) is 0 Å². The molecule has 0 bridgehead atoms. The molecule has 240 valence electrons. The highest BCUT2D eigenvalue weighted by Gasteiger charge is 2.29. The van der Waals surface area contributed by atoms with Crippen LogP contribution in [0, 0.1) is 0 Å². The highest BCUT2D eigenvalue weighted by molar-refractivity contribution is 6.01. The van der Waals surface area contributed by atoms with E-state index >= 15 is 0 Å². The second-order valence-electron chi connectivity index (χ2n) is 10.6. The zero-order chi connectivity index (χ0) is 32.8. The Balaban J connectivity index is 1.38. The Labute approximate surface area is 273 Å². The molecule has 0 saturated carbocycles. The zero-order valence-electron chi connectivity index (χ0n) is 25.8. The number of aliphatic hydroxyl groups excluding tert-OH is 1. The van der Waals surface area contributed by atoms with Crippen molar-refractivity contribution in [2.45, 2.75) is 25.0 Å². The van der Waals surface area contributed by atoms with Crippen LogP contribution in [-0.4, -0.2) is 36.4 Å². The van der Waals surface area contributed by atoms with E-state index in [4.69, 9.17) is 25.1 Å². The number of benzene rings is 5. The fraction of sp³-hybridized carbons (Fsp3) is 0.158. The summed E-state index contributed by atoms with van der Waals surface area (Å²) >= 11 is 0. The number of amides is 2. The second kappa shape index (κ2) is 16.5. The van der Waals surface area contributed by atoms with Crippen LogP contribution < -0.4 is 25.8 Å². The van der Waals surface area contributed by atoms with Crippen molar-refractivity contribution >= 4 is 39.8 Å². The number of fused-ring (bicyclic) bond motifs is 1. The predicted molar refractivity (Wildman–Crippen MR) is 185 cm³/mol. The molecule has 5 N–H and O–H groups in total. The van der Waals surface area contributed by atoms with Gasteiger partial charge in [-0.15, -0.1) is 0 Å². The number of nitrogens with one attached hydrogen (secondary N) is 2. The summed E-state index contributed by atoms with van der Waals surface area (Å²) in [7, 11) is 0. The number of anilines is 3. The first-order chi connectivity index (χ1) is 23.0. The van der Waals surface area contributed by atoms with Gasteiger partial charge in [0.1, 0.15) is 24.2 Å². The molecule has 2 atom stereocenters. The largest absolute Gasteiger partial charge is 0.491 e. The Kier molecular flexibility index (Phi) is 11.4. The lowest BCUT2D eigenvalue weighted by Gasteiger charge is -2.28. The number of carbonyl (C=O) groups is 2. The summed E-state index contributed by atoms with van der Waals surface area (Å²) in [5, 5.41) is 16.7. The zero-order valence-corrected chi connectivity index (χ0v) is 25.8. The smallest absolute Gasteiger partial charge is 0.412 e. The number of para-hydroxylation sites is 3. The standard InChI is InChI=1S/C38H37N3O6/c39-32-16-6-7-17-34(32)40-36(43)20-9-8-19-35(46-30-13-2-1-3-14-30)37(28-21-23-29(24-22-28)45-26-25-42)47-38(44)41-33-18-10-12-27-11-4-5-15-31(27)33/h1-7,9-18,20-24,35,37,42H,8,19,25-26,39H2,(H,40,43)(H,41,44)/b20-9+/t35-,37-/m1/s1. The van der Waals surface area contributed by atoms with Crippen LogP contribution in [0.25, 0.3) is 10.8 Å². The topological polar surface area (TPSA) is 132 Å². The average molecular weight is 632 g/mol. The Hall–Kier alpha value is -5.80. The van der Waals surface area contributed by atoms with E-state index < -0.39 is 18.3 Å². The van der Waals surface area contributed by atoms with E-state index in [1.807, 2.05) is 72.8 Å². The summed E-state index contributed by atoms with van der Waals surface area (Å²) in [4.78, 5) is 26.1. The van der Waals surface area contributed by atoms with Gasteiger partial charge >= 0.3 is 6.09 Å². The number of rotatable bonds is 14. The Morgan fingerprint density at radius 3 is 2.26 bits per heavy atom. The summed E-state index contributed by atoms with van der Waals surface area (Å²) in [6.45, 7) is 0.0440. The molecule has 0 fully saturated rings. The van der Waals surface area contributed by atoms with Crippen LogP contribution >= 0.6 is 0 Å². The van der Waals surface area contributed by atoms with E-state index in [1.165, 1.54) is 6.08 Å². The van der Waals surface area contributed by atoms with Gasteiger partial charge < -0.3 is 30.4 Å². The number of hydrogen-bond donors (Lipinski definition) is 4. The molecular weight excluding hydrogens is 594 g/mol. The van der Waals surface area contributed by atoms with Crippen molar-refractivity contribution < 1.29 is 28.9 Å². The summed E-state index contributed by atoms with van der Waals surface area (Å²) in [5.74, 6) is 0.851. The monoisotopic (exact) mass is 631 g/mol. The van der Waals surface area contributed by atoms with Crippen LogP contribution in [0.4, 0.5) is 21.9 Å². The lowest BCUT2D eigenvalue weighted by molar-refractivity contribution is -0.111. The maximum absolute atomic E-state index is 13.5. The average Bonchev–Trinajstić information content (AvgIpc) is 3.09. The molecule has 9 nitrogen and oxygen atoms in total. The number of carbonyl (C=O) groups excluding carboxylic acids is 2. The molecule has 0 aliphatic heterocycles. The summed E-state index contributed by atoms with van der Waals surface area (Å²) < 4.78 is 18.1. The third-order valence-electron chi connectivity index (χ3n) is 7.30. The first kappa shape index (κ1) is 32.6. The minimum Gasteiger partial charge on any atom is -0.491 e. The van der Waals surface area contributed by atoms with Crippen molar-refractivity contribution in [3.8, 4) is 11.5 Å². The van der Waals surface area contributed by atoms with Gasteiger partial charge in [-0.05, 0) is 72.3 Å². The van der Waals surface area contributed by atoms with Gasteiger partial charge in [0.05, 0.1) is 23.7 Å². The van der Waals surface area contributed by atoms with Crippen molar-refractivity contribution in [2.24, 2.45) is 0 Å². The van der Waals surface area contributed by atoms with E-state index in [0.717, 1.165) is 10.8 Å². The SMILES string of the molecule is Nc1ccccc1NC(=O)/C=C/CC[C@@H](Oc1ccccc1)[C@H](OC(=O)Nc1cccc2ccccc12)c1ccc(OCCO)cc1. The van der Waals surface area contributed by atoms with Crippen molar-refractivity contribution in [2.75, 3.05) is 29.6 Å². The van der Waals surface area contributed by atoms with Crippen LogP contribution in [0.2, 0.25) is 0 Å². The van der Waals surface area contributed by atoms with E-state index in [9.17, 15) is 9.59 Å². The third-order valence-corrected chi connectivity index (χ3v) is 7.30. The van der Waals surface area contributed by atoms with Gasteiger partial charge in [0.2, 0.25) is 5.91 Å². The minimum absolute atomic E-state index is 0.112. The molecule has 0 saturated heterocycles. The highest BCUT2D eigenvalue weighted by Crippen LogP contribution is 2.31. The second-order valence-corrected chi connectivity index (χ2v) is 10.6. The van der Waals surface area contributed by atoms with Crippen LogP contribution in [0.1, 0.15) is 24.5 Å². The number of nitrogens with two attached hydrogens (primary N) is 1. The van der Waals surface area contributed by atoms with Gasteiger partial charge in [0, 0.05) is 5.39 Å². The number of ether oxygens (including phenoxy) is 3. The predicted octanol–water partition coefficient (Wildman–Crippen LogP) is 7.51. The molecule has 0 heterocycles. The van der Waals surface area contributed by atoms with E-state index in [-0.39, 0.29) is 19.1 Å². The summed E-state index contributed by atoms with van der Waals surface area (Å²) in [5.41, 5.74) is 8.25. The number of nitrogen functional groups attached to an aromatic ring is 1. The molecular formula is C38H37N3O6. The molecule has 2 amide bonds. The third kappa shape index (κ3) is 9.35. The molecule has 0 aromatic heterocycles. The van der Waals surface area contributed by atoms with E-state index in [0.29, 0.717) is 47.0 Å². The lowest BCUT2D eigenvalue weighted by Crippen LogP contribution is -2.31. The van der Waals surface area contributed by atoms with Crippen LogP contribution in [0.5, 0.6) is 11.5 Å². The van der Waals surface area contributed by atoms with Crippen LogP contribution in [-0.2, 0) is 9.53 Å². The Morgan fingerprint density at radius 2 is 1.47 bits per heavy atom. The summed E-state index contributed by atoms with van der Waals surface area (Å²) in [6.07, 6.45) is 1.90. The first-order valence-electron chi connectivity index (χ1n) is 15.3. The van der Waals surface area contributed by atoms with Crippen LogP contribution in [0.3, 0.4) is 0 Å². The molecule has 0 radical (unpaired) electrons. The maximum Gasteiger partial charge on any atom is 0.412 e. The number of aliphatic hydroxyl groups is 1. The molecule has 5 aromatic carbocycles. The quantitative estimate of drug-likeness (QED) is 0.0737. The van der Waals surface area contributed by atoms with Crippen molar-refractivity contribution in [1.29, 1.82) is 0 Å². The molecule has 0 aliphatic rings. The Bertz CT molecular complexity index is 1790. The molecule has 47 heavy (non-hydrogen) atoms. The van der Waals surface area contributed by atoms with Crippen molar-refractivity contribution in [3.63, 3.8) is 0 Å². The van der Waals surface area contributed by atoms with Gasteiger partial charge in [0.25, 0.3) is 0 Å².